The molecule has 0 atom stereocenters. The lowest BCUT2D eigenvalue weighted by Crippen LogP contribution is -2.41. The van der Waals surface area contributed by atoms with Gasteiger partial charge in [0.25, 0.3) is 11.8 Å². The van der Waals surface area contributed by atoms with E-state index in [2.05, 4.69) is 20.9 Å². The van der Waals surface area contributed by atoms with E-state index in [1.165, 1.54) is 6.33 Å². The van der Waals surface area contributed by atoms with Gasteiger partial charge >= 0.3 is 0 Å². The van der Waals surface area contributed by atoms with Crippen LogP contribution in [0.15, 0.2) is 85.5 Å². The summed E-state index contributed by atoms with van der Waals surface area (Å²) in [6, 6.07) is 21.0. The van der Waals surface area contributed by atoms with Crippen molar-refractivity contribution in [2.75, 3.05) is 0 Å². The summed E-state index contributed by atoms with van der Waals surface area (Å²) in [6.45, 7) is 0.909. The molecule has 4 rings (SSSR count). The Morgan fingerprint density at radius 2 is 1.39 bits per heavy atom. The maximum Gasteiger partial charge on any atom is 0.269 e. The number of hydrazine groups is 1. The molecule has 9 heteroatoms. The van der Waals surface area contributed by atoms with Gasteiger partial charge in [-0.2, -0.15) is 5.10 Å². The second-order valence-electron chi connectivity index (χ2n) is 7.14. The van der Waals surface area contributed by atoms with Crippen LogP contribution >= 0.6 is 11.6 Å². The maximum atomic E-state index is 12.3. The lowest BCUT2D eigenvalue weighted by atomic mass is 10.1. The van der Waals surface area contributed by atoms with Crippen LogP contribution in [0.4, 0.5) is 0 Å². The van der Waals surface area contributed by atoms with Gasteiger partial charge in [0.2, 0.25) is 0 Å². The molecule has 0 aliphatic heterocycles. The van der Waals surface area contributed by atoms with Gasteiger partial charge < -0.3 is 4.74 Å². The molecule has 0 bridgehead atoms. The SMILES string of the molecule is O=C(NNC(=O)c1ccc(Cn2cncn2)cc1)c1ccc(COc2ccc(Cl)cc2)cc1. The molecule has 0 radical (unpaired) electrons. The average Bonchev–Trinajstić information content (AvgIpc) is 3.36. The number of aromatic nitrogens is 3. The minimum absolute atomic E-state index is 0.354. The van der Waals surface area contributed by atoms with Crippen LogP contribution in [0.2, 0.25) is 5.02 Å². The van der Waals surface area contributed by atoms with E-state index in [1.54, 1.807) is 71.7 Å². The number of benzene rings is 3. The molecule has 0 unspecified atom stereocenters. The number of amides is 2. The highest BCUT2D eigenvalue weighted by Crippen LogP contribution is 2.17. The summed E-state index contributed by atoms with van der Waals surface area (Å²) >= 11 is 5.86. The monoisotopic (exact) mass is 461 g/mol. The number of rotatable bonds is 7. The predicted molar refractivity (Wildman–Crippen MR) is 123 cm³/mol. The molecule has 166 valence electrons. The first-order valence-corrected chi connectivity index (χ1v) is 10.4. The van der Waals surface area contributed by atoms with Gasteiger partial charge in [0, 0.05) is 16.1 Å². The first kappa shape index (κ1) is 22.0. The van der Waals surface area contributed by atoms with Gasteiger partial charge in [-0.1, -0.05) is 35.9 Å². The zero-order valence-electron chi connectivity index (χ0n) is 17.4. The predicted octanol–water partition coefficient (Wildman–Crippen LogP) is 3.63. The van der Waals surface area contributed by atoms with Crippen molar-refractivity contribution in [2.24, 2.45) is 0 Å². The largest absolute Gasteiger partial charge is 0.489 e. The molecule has 0 spiro atoms. The molecule has 3 aromatic carbocycles. The minimum atomic E-state index is -0.420. The Hall–Kier alpha value is -4.17. The summed E-state index contributed by atoms with van der Waals surface area (Å²) in [4.78, 5) is 28.6. The van der Waals surface area contributed by atoms with Crippen molar-refractivity contribution >= 4 is 23.4 Å². The Morgan fingerprint density at radius 3 is 1.94 bits per heavy atom. The highest BCUT2D eigenvalue weighted by molar-refractivity contribution is 6.30. The lowest BCUT2D eigenvalue weighted by molar-refractivity contribution is 0.0846. The number of carbonyl (C=O) groups is 2. The van der Waals surface area contributed by atoms with E-state index in [-0.39, 0.29) is 0 Å². The van der Waals surface area contributed by atoms with Gasteiger partial charge in [-0.05, 0) is 59.7 Å². The summed E-state index contributed by atoms with van der Waals surface area (Å²) in [5, 5.41) is 4.69. The molecular formula is C24H20ClN5O3. The van der Waals surface area contributed by atoms with Crippen LogP contribution in [0.25, 0.3) is 0 Å². The van der Waals surface area contributed by atoms with Crippen molar-refractivity contribution in [1.82, 2.24) is 25.6 Å². The molecule has 0 saturated heterocycles. The summed E-state index contributed by atoms with van der Waals surface area (Å²) in [5.41, 5.74) is 7.56. The van der Waals surface area contributed by atoms with Crippen molar-refractivity contribution in [1.29, 1.82) is 0 Å². The fraction of sp³-hybridized carbons (Fsp3) is 0.0833. The average molecular weight is 462 g/mol. The zero-order valence-corrected chi connectivity index (χ0v) is 18.2. The second kappa shape index (κ2) is 10.4. The number of carbonyl (C=O) groups excluding carboxylic acids is 2. The molecule has 1 heterocycles. The van der Waals surface area contributed by atoms with Crippen molar-refractivity contribution < 1.29 is 14.3 Å². The molecule has 2 N–H and O–H groups in total. The van der Waals surface area contributed by atoms with E-state index >= 15 is 0 Å². The first-order chi connectivity index (χ1) is 16.1. The van der Waals surface area contributed by atoms with Crippen molar-refractivity contribution in [3.63, 3.8) is 0 Å². The van der Waals surface area contributed by atoms with Crippen LogP contribution in [-0.2, 0) is 13.2 Å². The topological polar surface area (TPSA) is 98.1 Å². The molecule has 4 aromatic rings. The fourth-order valence-corrected chi connectivity index (χ4v) is 3.10. The van der Waals surface area contributed by atoms with Gasteiger partial charge in [0.05, 0.1) is 6.54 Å². The first-order valence-electron chi connectivity index (χ1n) is 10.1. The van der Waals surface area contributed by atoms with Gasteiger partial charge in [-0.25, -0.2) is 9.67 Å². The Balaban J connectivity index is 1.25. The molecule has 8 nitrogen and oxygen atoms in total. The second-order valence-corrected chi connectivity index (χ2v) is 7.57. The van der Waals surface area contributed by atoms with Crippen LogP contribution in [0.5, 0.6) is 5.75 Å². The summed E-state index contributed by atoms with van der Waals surface area (Å²) < 4.78 is 7.37. The van der Waals surface area contributed by atoms with E-state index < -0.39 is 11.8 Å². The Bertz CT molecular complexity index is 1210. The van der Waals surface area contributed by atoms with Gasteiger partial charge in [0.15, 0.2) is 0 Å². The number of hydrogen-bond acceptors (Lipinski definition) is 5. The standard InChI is InChI=1S/C24H20ClN5O3/c25-21-9-11-22(12-10-21)33-14-18-3-7-20(8-4-18)24(32)29-28-23(31)19-5-1-17(2-6-19)13-30-16-26-15-27-30/h1-12,15-16H,13-14H2,(H,28,31)(H,29,32). The minimum Gasteiger partial charge on any atom is -0.489 e. The molecule has 0 aliphatic rings. The molecule has 2 amide bonds. The third-order valence-corrected chi connectivity index (χ3v) is 5.00. The molecule has 0 saturated carbocycles. The van der Waals surface area contributed by atoms with Gasteiger partial charge in [-0.15, -0.1) is 0 Å². The third-order valence-electron chi connectivity index (χ3n) is 4.75. The van der Waals surface area contributed by atoms with Crippen LogP contribution in [-0.4, -0.2) is 26.6 Å². The fourth-order valence-electron chi connectivity index (χ4n) is 2.97. The van der Waals surface area contributed by atoms with Crippen LogP contribution in [0.1, 0.15) is 31.8 Å². The molecule has 1 aromatic heterocycles. The van der Waals surface area contributed by atoms with Crippen LogP contribution < -0.4 is 15.6 Å². The van der Waals surface area contributed by atoms with E-state index in [1.807, 2.05) is 12.1 Å². The zero-order chi connectivity index (χ0) is 23.0. The van der Waals surface area contributed by atoms with E-state index in [0.29, 0.717) is 35.1 Å². The normalized spacial score (nSPS) is 10.5. The number of hydrogen-bond donors (Lipinski definition) is 2. The molecule has 0 fully saturated rings. The third kappa shape index (κ3) is 6.18. The van der Waals surface area contributed by atoms with E-state index in [0.717, 1.165) is 11.1 Å². The molecular weight excluding hydrogens is 442 g/mol. The molecule has 33 heavy (non-hydrogen) atoms. The van der Waals surface area contributed by atoms with Crippen LogP contribution in [0.3, 0.4) is 0 Å². The smallest absolute Gasteiger partial charge is 0.269 e. The Labute approximate surface area is 195 Å². The van der Waals surface area contributed by atoms with Gasteiger partial charge in [0.1, 0.15) is 25.0 Å². The van der Waals surface area contributed by atoms with Crippen molar-refractivity contribution in [3.8, 4) is 5.75 Å². The maximum absolute atomic E-state index is 12.3. The number of ether oxygens (including phenoxy) is 1. The van der Waals surface area contributed by atoms with Crippen molar-refractivity contribution in [2.45, 2.75) is 13.2 Å². The Kier molecular flexibility index (Phi) is 6.96. The Morgan fingerprint density at radius 1 is 0.818 bits per heavy atom. The van der Waals surface area contributed by atoms with Crippen molar-refractivity contribution in [3.05, 3.63) is 113 Å². The number of nitrogens with one attached hydrogen (secondary N) is 2. The highest BCUT2D eigenvalue weighted by Gasteiger charge is 2.10. The van der Waals surface area contributed by atoms with E-state index in [4.69, 9.17) is 16.3 Å². The van der Waals surface area contributed by atoms with Crippen LogP contribution in [0, 0.1) is 0 Å². The number of nitrogens with zero attached hydrogens (tertiary/aromatic N) is 3. The molecule has 0 aliphatic carbocycles. The highest BCUT2D eigenvalue weighted by atomic mass is 35.5. The lowest BCUT2D eigenvalue weighted by Gasteiger charge is -2.09. The van der Waals surface area contributed by atoms with E-state index in [9.17, 15) is 9.59 Å². The summed E-state index contributed by atoms with van der Waals surface area (Å²) in [6.07, 6.45) is 3.09. The summed E-state index contributed by atoms with van der Waals surface area (Å²) in [5.74, 6) is -0.129. The quantitative estimate of drug-likeness (QED) is 0.409. The number of halogens is 1. The van der Waals surface area contributed by atoms with Gasteiger partial charge in [-0.3, -0.25) is 20.4 Å². The summed E-state index contributed by atoms with van der Waals surface area (Å²) in [7, 11) is 0.